The Balaban J connectivity index is 2.63. The van der Waals surface area contributed by atoms with Gasteiger partial charge in [0.25, 0.3) is 0 Å². The van der Waals surface area contributed by atoms with Crippen LogP contribution in [0.2, 0.25) is 0 Å². The van der Waals surface area contributed by atoms with Crippen LogP contribution >= 0.6 is 0 Å². The number of hydrogen-bond donors (Lipinski definition) is 0. The Morgan fingerprint density at radius 1 is 1.00 bits per heavy atom. The number of fused-ring (bicyclic) bond motifs is 1. The molecule has 0 amide bonds. The summed E-state index contributed by atoms with van der Waals surface area (Å²) in [5, 5.41) is 0. The molecule has 2 unspecified atom stereocenters. The molecule has 1 aliphatic carbocycles. The average Bonchev–Trinajstić information content (AvgIpc) is 2.44. The van der Waals surface area contributed by atoms with Gasteiger partial charge in [-0.3, -0.25) is 0 Å². The SMILES string of the molecule is CCC(C)c1oc(=O)c(C(C)CC)c2c1CCCC2. The summed E-state index contributed by atoms with van der Waals surface area (Å²) in [7, 11) is 0. The smallest absolute Gasteiger partial charge is 0.339 e. The van der Waals surface area contributed by atoms with Gasteiger partial charge in [-0.2, -0.15) is 0 Å². The van der Waals surface area contributed by atoms with E-state index in [9.17, 15) is 4.79 Å². The first-order valence-electron chi connectivity index (χ1n) is 7.78. The standard InChI is InChI=1S/C17H26O2/c1-5-11(3)15-13-9-7-8-10-14(13)16(12(4)6-2)19-17(15)18/h11-12H,5-10H2,1-4H3. The van der Waals surface area contributed by atoms with Crippen LogP contribution in [0, 0.1) is 0 Å². The van der Waals surface area contributed by atoms with Gasteiger partial charge in [-0.05, 0) is 55.6 Å². The molecule has 0 bridgehead atoms. The molecule has 0 fully saturated rings. The van der Waals surface area contributed by atoms with Crippen molar-refractivity contribution in [1.29, 1.82) is 0 Å². The lowest BCUT2D eigenvalue weighted by molar-refractivity contribution is 0.400. The Bertz CT molecular complexity index is 499. The lowest BCUT2D eigenvalue weighted by Crippen LogP contribution is -2.21. The van der Waals surface area contributed by atoms with Crippen LogP contribution in [0.4, 0.5) is 0 Å². The van der Waals surface area contributed by atoms with Crippen LogP contribution in [0.5, 0.6) is 0 Å². The molecular weight excluding hydrogens is 236 g/mol. The quantitative estimate of drug-likeness (QED) is 0.797. The van der Waals surface area contributed by atoms with Gasteiger partial charge in [0.15, 0.2) is 0 Å². The highest BCUT2D eigenvalue weighted by Crippen LogP contribution is 2.34. The lowest BCUT2D eigenvalue weighted by atomic mass is 9.82. The van der Waals surface area contributed by atoms with E-state index in [0.29, 0.717) is 11.8 Å². The molecule has 0 spiro atoms. The van der Waals surface area contributed by atoms with Crippen molar-refractivity contribution in [1.82, 2.24) is 0 Å². The molecule has 19 heavy (non-hydrogen) atoms. The minimum Gasteiger partial charge on any atom is -0.427 e. The monoisotopic (exact) mass is 262 g/mol. The molecule has 1 heterocycles. The highest BCUT2D eigenvalue weighted by Gasteiger charge is 2.26. The molecule has 2 heteroatoms. The van der Waals surface area contributed by atoms with Gasteiger partial charge in [-0.1, -0.05) is 27.7 Å². The third kappa shape index (κ3) is 2.63. The Morgan fingerprint density at radius 3 is 2.16 bits per heavy atom. The van der Waals surface area contributed by atoms with Crippen molar-refractivity contribution in [2.75, 3.05) is 0 Å². The molecule has 2 rings (SSSR count). The third-order valence-corrected chi connectivity index (χ3v) is 4.68. The molecule has 1 aromatic heterocycles. The normalized spacial score (nSPS) is 17.9. The summed E-state index contributed by atoms with van der Waals surface area (Å²) in [6.07, 6.45) is 6.61. The van der Waals surface area contributed by atoms with Crippen molar-refractivity contribution >= 4 is 0 Å². The summed E-state index contributed by atoms with van der Waals surface area (Å²) < 4.78 is 5.73. The molecule has 0 saturated carbocycles. The van der Waals surface area contributed by atoms with Gasteiger partial charge in [0.2, 0.25) is 0 Å². The first-order chi connectivity index (χ1) is 9.10. The lowest BCUT2D eigenvalue weighted by Gasteiger charge is -2.25. The molecule has 0 aliphatic heterocycles. The van der Waals surface area contributed by atoms with E-state index in [4.69, 9.17) is 4.42 Å². The largest absolute Gasteiger partial charge is 0.427 e. The van der Waals surface area contributed by atoms with E-state index in [1.807, 2.05) is 0 Å². The molecule has 2 atom stereocenters. The second-order valence-corrected chi connectivity index (χ2v) is 5.95. The predicted molar refractivity (Wildman–Crippen MR) is 79.0 cm³/mol. The summed E-state index contributed by atoms with van der Waals surface area (Å²) in [5.74, 6) is 1.63. The molecule has 0 N–H and O–H groups in total. The van der Waals surface area contributed by atoms with Gasteiger partial charge in [-0.25, -0.2) is 4.79 Å². The molecule has 0 saturated heterocycles. The summed E-state index contributed by atoms with van der Waals surface area (Å²) in [5.41, 5.74) is 3.57. The highest BCUT2D eigenvalue weighted by atomic mass is 16.4. The number of hydrogen-bond acceptors (Lipinski definition) is 2. The van der Waals surface area contributed by atoms with E-state index in [2.05, 4.69) is 27.7 Å². The Hall–Kier alpha value is -1.05. The molecule has 106 valence electrons. The van der Waals surface area contributed by atoms with Gasteiger partial charge in [0, 0.05) is 11.5 Å². The van der Waals surface area contributed by atoms with Gasteiger partial charge < -0.3 is 4.42 Å². The molecule has 1 aliphatic rings. The van der Waals surface area contributed by atoms with Crippen molar-refractivity contribution in [3.63, 3.8) is 0 Å². The highest BCUT2D eigenvalue weighted by molar-refractivity contribution is 5.39. The maximum absolute atomic E-state index is 12.4. The van der Waals surface area contributed by atoms with Crippen molar-refractivity contribution in [2.24, 2.45) is 0 Å². The van der Waals surface area contributed by atoms with Gasteiger partial charge in [0.05, 0.1) is 0 Å². The maximum atomic E-state index is 12.4. The van der Waals surface area contributed by atoms with Crippen LogP contribution < -0.4 is 5.63 Å². The van der Waals surface area contributed by atoms with E-state index in [1.165, 1.54) is 24.0 Å². The topological polar surface area (TPSA) is 30.2 Å². The van der Waals surface area contributed by atoms with Gasteiger partial charge in [-0.15, -0.1) is 0 Å². The van der Waals surface area contributed by atoms with E-state index in [1.54, 1.807) is 0 Å². The van der Waals surface area contributed by atoms with Crippen LogP contribution in [-0.2, 0) is 12.8 Å². The molecular formula is C17H26O2. The van der Waals surface area contributed by atoms with Crippen LogP contribution in [0.1, 0.15) is 87.7 Å². The first kappa shape index (κ1) is 14.4. The molecule has 2 nitrogen and oxygen atoms in total. The van der Waals surface area contributed by atoms with Crippen molar-refractivity contribution < 1.29 is 4.42 Å². The summed E-state index contributed by atoms with van der Waals surface area (Å²) in [6, 6.07) is 0. The first-order valence-corrected chi connectivity index (χ1v) is 7.78. The fourth-order valence-corrected chi connectivity index (χ4v) is 3.10. The van der Waals surface area contributed by atoms with E-state index in [0.717, 1.165) is 37.0 Å². The zero-order chi connectivity index (χ0) is 14.0. The second kappa shape index (κ2) is 5.94. The maximum Gasteiger partial charge on any atom is 0.339 e. The number of rotatable bonds is 4. The summed E-state index contributed by atoms with van der Waals surface area (Å²) >= 11 is 0. The predicted octanol–water partition coefficient (Wildman–Crippen LogP) is 4.55. The van der Waals surface area contributed by atoms with Crippen LogP contribution in [-0.4, -0.2) is 0 Å². The third-order valence-electron chi connectivity index (χ3n) is 4.68. The molecule has 0 aromatic carbocycles. The molecule has 1 aromatic rings. The fourth-order valence-electron chi connectivity index (χ4n) is 3.10. The van der Waals surface area contributed by atoms with Crippen LogP contribution in [0.15, 0.2) is 9.21 Å². The summed E-state index contributed by atoms with van der Waals surface area (Å²) in [6.45, 7) is 8.60. The van der Waals surface area contributed by atoms with Crippen molar-refractivity contribution in [3.05, 3.63) is 32.9 Å². The fraction of sp³-hybridized carbons (Fsp3) is 0.706. The van der Waals surface area contributed by atoms with Crippen molar-refractivity contribution in [3.8, 4) is 0 Å². The van der Waals surface area contributed by atoms with E-state index >= 15 is 0 Å². The van der Waals surface area contributed by atoms with Crippen LogP contribution in [0.3, 0.4) is 0 Å². The Morgan fingerprint density at radius 2 is 1.58 bits per heavy atom. The van der Waals surface area contributed by atoms with E-state index in [-0.39, 0.29) is 5.63 Å². The second-order valence-electron chi connectivity index (χ2n) is 5.95. The van der Waals surface area contributed by atoms with Crippen molar-refractivity contribution in [2.45, 2.75) is 78.1 Å². The van der Waals surface area contributed by atoms with Gasteiger partial charge in [0.1, 0.15) is 5.76 Å². The summed E-state index contributed by atoms with van der Waals surface area (Å²) in [4.78, 5) is 12.4. The minimum atomic E-state index is -0.0784. The molecule has 0 radical (unpaired) electrons. The van der Waals surface area contributed by atoms with Gasteiger partial charge >= 0.3 is 5.63 Å². The Labute approximate surface area is 116 Å². The zero-order valence-corrected chi connectivity index (χ0v) is 12.7. The zero-order valence-electron chi connectivity index (χ0n) is 12.7. The minimum absolute atomic E-state index is 0.0784. The van der Waals surface area contributed by atoms with Crippen LogP contribution in [0.25, 0.3) is 0 Å². The Kier molecular flexibility index (Phi) is 4.49. The average molecular weight is 262 g/mol. The van der Waals surface area contributed by atoms with E-state index < -0.39 is 0 Å².